The van der Waals surface area contributed by atoms with Crippen LogP contribution in [0.2, 0.25) is 0 Å². The Morgan fingerprint density at radius 3 is 2.48 bits per heavy atom. The summed E-state index contributed by atoms with van der Waals surface area (Å²) in [7, 11) is 1.22. The molecular formula is C16H18N2O5. The van der Waals surface area contributed by atoms with Crippen molar-refractivity contribution in [2.75, 3.05) is 7.11 Å². The van der Waals surface area contributed by atoms with E-state index in [9.17, 15) is 19.5 Å². The summed E-state index contributed by atoms with van der Waals surface area (Å²) in [6.07, 6.45) is -0.774. The summed E-state index contributed by atoms with van der Waals surface area (Å²) in [6, 6.07) is 8.39. The van der Waals surface area contributed by atoms with Gasteiger partial charge in [-0.1, -0.05) is 18.2 Å². The molecule has 0 saturated heterocycles. The van der Waals surface area contributed by atoms with Crippen molar-refractivity contribution in [2.24, 2.45) is 0 Å². The zero-order chi connectivity index (χ0) is 17.0. The van der Waals surface area contributed by atoms with Gasteiger partial charge in [-0.15, -0.1) is 0 Å². The van der Waals surface area contributed by atoms with Crippen molar-refractivity contribution in [3.05, 3.63) is 47.7 Å². The predicted molar refractivity (Wildman–Crippen MR) is 80.9 cm³/mol. The van der Waals surface area contributed by atoms with E-state index in [2.05, 4.69) is 10.1 Å². The molecule has 0 aromatic heterocycles. The van der Waals surface area contributed by atoms with Crippen LogP contribution in [0.4, 0.5) is 0 Å². The standard InChI is InChI=1S/C16H18N2O5/c1-10(19)17-14-13(20)8-12(16(22)23-2)9-18(14)15(21)11-6-4-3-5-7-11/h3-7,9,13-14,20H,8H2,1-2H3,(H,17,19)/t13-,14+/m0/s1. The van der Waals surface area contributed by atoms with E-state index in [-0.39, 0.29) is 12.0 Å². The van der Waals surface area contributed by atoms with Crippen LogP contribution in [0.3, 0.4) is 0 Å². The predicted octanol–water partition coefficient (Wildman–Crippen LogP) is 0.412. The zero-order valence-corrected chi connectivity index (χ0v) is 12.9. The number of aliphatic hydroxyl groups is 1. The molecule has 0 saturated carbocycles. The lowest BCUT2D eigenvalue weighted by Gasteiger charge is -2.36. The average Bonchev–Trinajstić information content (AvgIpc) is 2.55. The van der Waals surface area contributed by atoms with Gasteiger partial charge in [0.1, 0.15) is 6.17 Å². The van der Waals surface area contributed by atoms with Crippen molar-refractivity contribution < 1.29 is 24.2 Å². The minimum Gasteiger partial charge on any atom is -0.466 e. The van der Waals surface area contributed by atoms with E-state index in [1.165, 1.54) is 20.2 Å². The summed E-state index contributed by atoms with van der Waals surface area (Å²) >= 11 is 0. The first-order chi connectivity index (χ1) is 10.9. The van der Waals surface area contributed by atoms with Gasteiger partial charge in [-0.3, -0.25) is 14.5 Å². The Morgan fingerprint density at radius 1 is 1.26 bits per heavy atom. The van der Waals surface area contributed by atoms with Crippen molar-refractivity contribution >= 4 is 17.8 Å². The van der Waals surface area contributed by atoms with Gasteiger partial charge in [0.15, 0.2) is 0 Å². The summed E-state index contributed by atoms with van der Waals surface area (Å²) in [5, 5.41) is 12.8. The molecule has 1 aromatic rings. The third-order valence-corrected chi connectivity index (χ3v) is 3.44. The van der Waals surface area contributed by atoms with E-state index in [0.717, 1.165) is 4.90 Å². The van der Waals surface area contributed by atoms with Crippen LogP contribution in [-0.2, 0) is 14.3 Å². The number of hydrogen-bond acceptors (Lipinski definition) is 5. The molecule has 7 heteroatoms. The molecule has 23 heavy (non-hydrogen) atoms. The smallest absolute Gasteiger partial charge is 0.335 e. The maximum absolute atomic E-state index is 12.7. The number of amides is 2. The van der Waals surface area contributed by atoms with E-state index < -0.39 is 30.1 Å². The fourth-order valence-electron chi connectivity index (χ4n) is 2.38. The monoisotopic (exact) mass is 318 g/mol. The third kappa shape index (κ3) is 3.75. The summed E-state index contributed by atoms with van der Waals surface area (Å²) < 4.78 is 4.64. The fourth-order valence-corrected chi connectivity index (χ4v) is 2.38. The number of nitrogens with one attached hydrogen (secondary N) is 1. The molecule has 0 unspecified atom stereocenters. The van der Waals surface area contributed by atoms with Crippen LogP contribution in [-0.4, -0.2) is 47.2 Å². The molecule has 122 valence electrons. The number of esters is 1. The molecule has 0 bridgehead atoms. The molecule has 1 aliphatic heterocycles. The fraction of sp³-hybridized carbons (Fsp3) is 0.312. The van der Waals surface area contributed by atoms with E-state index >= 15 is 0 Å². The number of carbonyl (C=O) groups excluding carboxylic acids is 3. The highest BCUT2D eigenvalue weighted by Gasteiger charge is 2.36. The van der Waals surface area contributed by atoms with Crippen LogP contribution in [0.25, 0.3) is 0 Å². The van der Waals surface area contributed by atoms with E-state index in [0.29, 0.717) is 5.56 Å². The molecule has 0 radical (unpaired) electrons. The number of methoxy groups -OCH3 is 1. The van der Waals surface area contributed by atoms with Gasteiger partial charge >= 0.3 is 5.97 Å². The van der Waals surface area contributed by atoms with Gasteiger partial charge in [0.2, 0.25) is 5.91 Å². The van der Waals surface area contributed by atoms with Crippen molar-refractivity contribution in [2.45, 2.75) is 25.6 Å². The minimum absolute atomic E-state index is 0.0177. The second-order valence-corrected chi connectivity index (χ2v) is 5.14. The Balaban J connectivity index is 2.40. The highest BCUT2D eigenvalue weighted by Crippen LogP contribution is 2.23. The normalized spacial score (nSPS) is 20.5. The maximum Gasteiger partial charge on any atom is 0.335 e. The largest absolute Gasteiger partial charge is 0.466 e. The quantitative estimate of drug-likeness (QED) is 0.787. The highest BCUT2D eigenvalue weighted by atomic mass is 16.5. The van der Waals surface area contributed by atoms with Crippen LogP contribution < -0.4 is 5.32 Å². The molecule has 0 spiro atoms. The molecule has 0 fully saturated rings. The van der Waals surface area contributed by atoms with Gasteiger partial charge in [-0.25, -0.2) is 4.79 Å². The second kappa shape index (κ2) is 7.06. The van der Waals surface area contributed by atoms with Crippen LogP contribution in [0, 0.1) is 0 Å². The Labute approximate surface area is 133 Å². The van der Waals surface area contributed by atoms with Crippen LogP contribution in [0.15, 0.2) is 42.1 Å². The Hall–Kier alpha value is -2.67. The van der Waals surface area contributed by atoms with Gasteiger partial charge in [0.25, 0.3) is 5.91 Å². The lowest BCUT2D eigenvalue weighted by atomic mass is 10.0. The minimum atomic E-state index is -1.12. The molecule has 2 atom stereocenters. The third-order valence-electron chi connectivity index (χ3n) is 3.44. The summed E-state index contributed by atoms with van der Waals surface area (Å²) in [6.45, 7) is 1.29. The number of rotatable bonds is 3. The second-order valence-electron chi connectivity index (χ2n) is 5.14. The molecule has 1 aromatic carbocycles. The van der Waals surface area contributed by atoms with E-state index in [1.807, 2.05) is 0 Å². The average molecular weight is 318 g/mol. The maximum atomic E-state index is 12.7. The van der Waals surface area contributed by atoms with Gasteiger partial charge in [0, 0.05) is 25.1 Å². The number of carbonyl (C=O) groups is 3. The first kappa shape index (κ1) is 16.7. The molecule has 0 aliphatic carbocycles. The zero-order valence-electron chi connectivity index (χ0n) is 12.9. The molecule has 1 aliphatic rings. The summed E-state index contributed by atoms with van der Waals surface area (Å²) in [5.41, 5.74) is 0.531. The first-order valence-corrected chi connectivity index (χ1v) is 7.06. The molecule has 2 rings (SSSR count). The SMILES string of the molecule is COC(=O)C1=CN(C(=O)c2ccccc2)[C@@H](NC(C)=O)[C@@H](O)C1. The van der Waals surface area contributed by atoms with Crippen LogP contribution in [0.5, 0.6) is 0 Å². The molecule has 1 heterocycles. The summed E-state index contributed by atoms with van der Waals surface area (Å²) in [4.78, 5) is 36.9. The Morgan fingerprint density at radius 2 is 1.91 bits per heavy atom. The number of nitrogens with zero attached hydrogens (tertiary/aromatic N) is 1. The van der Waals surface area contributed by atoms with Gasteiger partial charge in [-0.2, -0.15) is 0 Å². The van der Waals surface area contributed by atoms with E-state index in [4.69, 9.17) is 0 Å². The van der Waals surface area contributed by atoms with Crippen LogP contribution in [0.1, 0.15) is 23.7 Å². The topological polar surface area (TPSA) is 95.9 Å². The molecule has 2 amide bonds. The van der Waals surface area contributed by atoms with Crippen molar-refractivity contribution in [1.29, 1.82) is 0 Å². The first-order valence-electron chi connectivity index (χ1n) is 7.06. The highest BCUT2D eigenvalue weighted by molar-refractivity contribution is 5.97. The van der Waals surface area contributed by atoms with Gasteiger partial charge < -0.3 is 15.2 Å². The molecular weight excluding hydrogens is 300 g/mol. The van der Waals surface area contributed by atoms with Crippen molar-refractivity contribution in [3.8, 4) is 0 Å². The molecule has 7 nitrogen and oxygen atoms in total. The van der Waals surface area contributed by atoms with Gasteiger partial charge in [-0.05, 0) is 12.1 Å². The van der Waals surface area contributed by atoms with Gasteiger partial charge in [0.05, 0.1) is 18.8 Å². The molecule has 2 N–H and O–H groups in total. The summed E-state index contributed by atoms with van der Waals surface area (Å²) in [5.74, 6) is -1.46. The van der Waals surface area contributed by atoms with Crippen molar-refractivity contribution in [1.82, 2.24) is 10.2 Å². The lowest BCUT2D eigenvalue weighted by Crippen LogP contribution is -2.56. The number of ether oxygens (including phenoxy) is 1. The Bertz CT molecular complexity index is 641. The Kier molecular flexibility index (Phi) is 5.13. The number of hydrogen-bond donors (Lipinski definition) is 2. The number of aliphatic hydroxyl groups excluding tert-OH is 1. The van der Waals surface area contributed by atoms with E-state index in [1.54, 1.807) is 30.3 Å². The van der Waals surface area contributed by atoms with Crippen LogP contribution >= 0.6 is 0 Å². The van der Waals surface area contributed by atoms with Crippen molar-refractivity contribution in [3.63, 3.8) is 0 Å². The lowest BCUT2D eigenvalue weighted by molar-refractivity contribution is -0.137. The number of benzene rings is 1.